The standard InChI is InChI=1S/C30H34N2O8/c1-17(2)29(35)40-27-18(3)39-30(36)23(32-28(34)25-26(33)24(37-4)12-13-31-25)16-38-15-21(27)14-20-10-7-9-19-8-5-6-11-22(19)20/h5-13,17-18,21,23,27,33H,14-16H2,1-4H3,(H,32,34). The molecular formula is C30H34N2O8. The van der Waals surface area contributed by atoms with Crippen LogP contribution in [0.5, 0.6) is 11.5 Å². The van der Waals surface area contributed by atoms with Crippen molar-refractivity contribution in [2.45, 2.75) is 45.4 Å². The van der Waals surface area contributed by atoms with E-state index in [0.29, 0.717) is 6.42 Å². The predicted molar refractivity (Wildman–Crippen MR) is 146 cm³/mol. The highest BCUT2D eigenvalue weighted by Crippen LogP contribution is 2.29. The zero-order valence-corrected chi connectivity index (χ0v) is 23.0. The minimum absolute atomic E-state index is 0.0631. The van der Waals surface area contributed by atoms with E-state index in [0.717, 1.165) is 16.3 Å². The zero-order chi connectivity index (χ0) is 28.8. The van der Waals surface area contributed by atoms with Crippen LogP contribution < -0.4 is 10.1 Å². The molecule has 1 amide bonds. The van der Waals surface area contributed by atoms with E-state index in [9.17, 15) is 19.5 Å². The van der Waals surface area contributed by atoms with E-state index in [1.54, 1.807) is 20.8 Å². The fraction of sp³-hybridized carbons (Fsp3) is 0.400. The molecule has 1 aromatic heterocycles. The number of aromatic nitrogens is 1. The van der Waals surface area contributed by atoms with Crippen LogP contribution in [0.1, 0.15) is 36.8 Å². The summed E-state index contributed by atoms with van der Waals surface area (Å²) in [6, 6.07) is 14.2. The number of esters is 2. The third-order valence-electron chi connectivity index (χ3n) is 6.84. The lowest BCUT2D eigenvalue weighted by molar-refractivity contribution is -0.173. The minimum Gasteiger partial charge on any atom is -0.503 e. The van der Waals surface area contributed by atoms with Gasteiger partial charge in [-0.2, -0.15) is 0 Å². The Balaban J connectivity index is 1.59. The molecule has 0 bridgehead atoms. The number of hydrogen-bond donors (Lipinski definition) is 2. The van der Waals surface area contributed by atoms with Crippen molar-refractivity contribution in [3.05, 3.63) is 66.0 Å². The van der Waals surface area contributed by atoms with Crippen molar-refractivity contribution in [2.75, 3.05) is 20.3 Å². The summed E-state index contributed by atoms with van der Waals surface area (Å²) < 4.78 is 22.6. The zero-order valence-electron chi connectivity index (χ0n) is 23.0. The molecule has 0 saturated carbocycles. The number of pyridine rings is 1. The second-order valence-corrected chi connectivity index (χ2v) is 10.1. The first-order valence-corrected chi connectivity index (χ1v) is 13.2. The topological polar surface area (TPSA) is 133 Å². The molecule has 2 aromatic carbocycles. The Morgan fingerprint density at radius 3 is 2.62 bits per heavy atom. The number of benzene rings is 2. The molecule has 2 heterocycles. The number of amides is 1. The van der Waals surface area contributed by atoms with Crippen LogP contribution in [0.2, 0.25) is 0 Å². The Bertz CT molecular complexity index is 1370. The summed E-state index contributed by atoms with van der Waals surface area (Å²) in [5.74, 6) is -3.11. The summed E-state index contributed by atoms with van der Waals surface area (Å²) in [6.45, 7) is 5.07. The molecule has 10 nitrogen and oxygen atoms in total. The van der Waals surface area contributed by atoms with Gasteiger partial charge in [0, 0.05) is 18.2 Å². The van der Waals surface area contributed by atoms with E-state index in [2.05, 4.69) is 10.3 Å². The molecule has 4 atom stereocenters. The molecule has 4 rings (SSSR count). The summed E-state index contributed by atoms with van der Waals surface area (Å²) in [5.41, 5.74) is 0.733. The molecule has 1 aliphatic rings. The smallest absolute Gasteiger partial charge is 0.331 e. The molecular weight excluding hydrogens is 516 g/mol. The van der Waals surface area contributed by atoms with Gasteiger partial charge in [0.15, 0.2) is 23.2 Å². The number of carbonyl (C=O) groups excluding carboxylic acids is 3. The summed E-state index contributed by atoms with van der Waals surface area (Å²) in [4.78, 5) is 42.6. The second kappa shape index (κ2) is 12.8. The summed E-state index contributed by atoms with van der Waals surface area (Å²) in [5, 5.41) is 15.0. The third kappa shape index (κ3) is 6.51. The van der Waals surface area contributed by atoms with Gasteiger partial charge in [0.1, 0.15) is 12.2 Å². The fourth-order valence-corrected chi connectivity index (χ4v) is 4.70. The molecule has 1 saturated heterocycles. The summed E-state index contributed by atoms with van der Waals surface area (Å²) in [7, 11) is 1.35. The first-order chi connectivity index (χ1) is 19.2. The van der Waals surface area contributed by atoms with Crippen molar-refractivity contribution < 1.29 is 38.4 Å². The van der Waals surface area contributed by atoms with Gasteiger partial charge in [-0.15, -0.1) is 0 Å². The van der Waals surface area contributed by atoms with Crippen LogP contribution in [-0.2, 0) is 30.2 Å². The number of nitrogens with zero attached hydrogens (tertiary/aromatic N) is 1. The first-order valence-electron chi connectivity index (χ1n) is 13.2. The fourth-order valence-electron chi connectivity index (χ4n) is 4.70. The number of hydrogen-bond acceptors (Lipinski definition) is 9. The normalized spacial score (nSPS) is 21.6. The Kier molecular flexibility index (Phi) is 9.21. The number of cyclic esters (lactones) is 1. The van der Waals surface area contributed by atoms with E-state index < -0.39 is 41.8 Å². The minimum atomic E-state index is -1.19. The molecule has 1 fully saturated rings. The van der Waals surface area contributed by atoms with Gasteiger partial charge in [-0.1, -0.05) is 56.3 Å². The molecule has 0 aliphatic carbocycles. The second-order valence-electron chi connectivity index (χ2n) is 10.1. The Morgan fingerprint density at radius 2 is 1.88 bits per heavy atom. The molecule has 1 aliphatic heterocycles. The Labute approximate surface area is 232 Å². The molecule has 10 heteroatoms. The average molecular weight is 551 g/mol. The molecule has 4 unspecified atom stereocenters. The van der Waals surface area contributed by atoms with Crippen molar-refractivity contribution in [1.82, 2.24) is 10.3 Å². The predicted octanol–water partition coefficient (Wildman–Crippen LogP) is 3.44. The van der Waals surface area contributed by atoms with Gasteiger partial charge < -0.3 is 29.4 Å². The average Bonchev–Trinajstić information content (AvgIpc) is 2.98. The first kappa shape index (κ1) is 28.8. The lowest BCUT2D eigenvalue weighted by Crippen LogP contribution is -2.47. The lowest BCUT2D eigenvalue weighted by atomic mass is 9.89. The third-order valence-corrected chi connectivity index (χ3v) is 6.84. The van der Waals surface area contributed by atoms with Crippen LogP contribution in [0.25, 0.3) is 10.8 Å². The van der Waals surface area contributed by atoms with Crippen molar-refractivity contribution in [2.24, 2.45) is 11.8 Å². The molecule has 0 spiro atoms. The van der Waals surface area contributed by atoms with Gasteiger partial charge in [0.25, 0.3) is 5.91 Å². The monoisotopic (exact) mass is 550 g/mol. The maximum absolute atomic E-state index is 13.1. The van der Waals surface area contributed by atoms with Gasteiger partial charge in [0.05, 0.1) is 26.2 Å². The highest BCUT2D eigenvalue weighted by Gasteiger charge is 2.38. The SMILES string of the molecule is COc1ccnc(C(=O)NC2COCC(Cc3cccc4ccccc34)C(OC(=O)C(C)C)C(C)OC2=O)c1O. The number of carbonyl (C=O) groups is 3. The number of ether oxygens (including phenoxy) is 4. The molecule has 3 aromatic rings. The quantitative estimate of drug-likeness (QED) is 0.425. The number of aromatic hydroxyl groups is 1. The lowest BCUT2D eigenvalue weighted by Gasteiger charge is -2.31. The largest absolute Gasteiger partial charge is 0.503 e. The van der Waals surface area contributed by atoms with Crippen LogP contribution in [0.4, 0.5) is 0 Å². The van der Waals surface area contributed by atoms with E-state index in [4.69, 9.17) is 18.9 Å². The number of fused-ring (bicyclic) bond motifs is 1. The molecule has 212 valence electrons. The number of rotatable bonds is 7. The maximum atomic E-state index is 13.1. The highest BCUT2D eigenvalue weighted by atomic mass is 16.6. The Morgan fingerprint density at radius 1 is 1.12 bits per heavy atom. The molecule has 2 N–H and O–H groups in total. The molecule has 0 radical (unpaired) electrons. The number of nitrogens with one attached hydrogen (secondary N) is 1. The van der Waals surface area contributed by atoms with E-state index >= 15 is 0 Å². The van der Waals surface area contributed by atoms with Crippen LogP contribution in [0, 0.1) is 11.8 Å². The van der Waals surface area contributed by atoms with Crippen molar-refractivity contribution >= 4 is 28.6 Å². The van der Waals surface area contributed by atoms with E-state index in [1.807, 2.05) is 42.5 Å². The van der Waals surface area contributed by atoms with Crippen molar-refractivity contribution in [3.8, 4) is 11.5 Å². The van der Waals surface area contributed by atoms with Crippen LogP contribution in [-0.4, -0.2) is 66.5 Å². The highest BCUT2D eigenvalue weighted by molar-refractivity contribution is 5.98. The van der Waals surface area contributed by atoms with Gasteiger partial charge in [-0.3, -0.25) is 9.59 Å². The maximum Gasteiger partial charge on any atom is 0.331 e. The van der Waals surface area contributed by atoms with Gasteiger partial charge in [-0.05, 0) is 29.7 Å². The van der Waals surface area contributed by atoms with Gasteiger partial charge in [0.2, 0.25) is 0 Å². The number of methoxy groups -OCH3 is 1. The van der Waals surface area contributed by atoms with Crippen LogP contribution in [0.15, 0.2) is 54.7 Å². The van der Waals surface area contributed by atoms with Crippen LogP contribution in [0.3, 0.4) is 0 Å². The van der Waals surface area contributed by atoms with Gasteiger partial charge >= 0.3 is 11.9 Å². The summed E-state index contributed by atoms with van der Waals surface area (Å²) in [6.07, 6.45) is 0.174. The Hall–Kier alpha value is -4.18. The van der Waals surface area contributed by atoms with E-state index in [-0.39, 0.29) is 36.5 Å². The van der Waals surface area contributed by atoms with Crippen LogP contribution >= 0.6 is 0 Å². The van der Waals surface area contributed by atoms with Crippen molar-refractivity contribution in [1.29, 1.82) is 0 Å². The summed E-state index contributed by atoms with van der Waals surface area (Å²) >= 11 is 0. The van der Waals surface area contributed by atoms with Gasteiger partial charge in [-0.25, -0.2) is 9.78 Å². The molecule has 40 heavy (non-hydrogen) atoms. The van der Waals surface area contributed by atoms with E-state index in [1.165, 1.54) is 19.4 Å². The van der Waals surface area contributed by atoms with Crippen molar-refractivity contribution in [3.63, 3.8) is 0 Å².